The summed E-state index contributed by atoms with van der Waals surface area (Å²) in [4.78, 5) is 15.5. The summed E-state index contributed by atoms with van der Waals surface area (Å²) in [5, 5.41) is 0.338. The van der Waals surface area contributed by atoms with Crippen LogP contribution in [0.3, 0.4) is 0 Å². The van der Waals surface area contributed by atoms with E-state index in [1.165, 1.54) is 0 Å². The van der Waals surface area contributed by atoms with Crippen LogP contribution in [0.1, 0.15) is 10.4 Å². The number of hydrogen-bond donors (Lipinski definition) is 0. The van der Waals surface area contributed by atoms with Gasteiger partial charge in [0.05, 0.1) is 11.5 Å². The van der Waals surface area contributed by atoms with Crippen LogP contribution in [-0.4, -0.2) is 20.5 Å². The Morgan fingerprint density at radius 1 is 1.57 bits per heavy atom. The van der Waals surface area contributed by atoms with Crippen molar-refractivity contribution in [2.45, 2.75) is 0 Å². The van der Waals surface area contributed by atoms with Gasteiger partial charge in [-0.1, -0.05) is 15.9 Å². The molecule has 0 saturated carbocycles. The number of pyridine rings is 1. The minimum Gasteiger partial charge on any atom is -0.294 e. The van der Waals surface area contributed by atoms with Crippen molar-refractivity contribution in [3.63, 3.8) is 0 Å². The number of alkyl halides is 1. The third-order valence-corrected chi connectivity index (χ3v) is 3.01. The standard InChI is InChI=1S/C9H6Br2N2O/c10-4-7(14)6-1-2-13-8(11)5-12-9(13)3-6/h1-3,5H,4H2. The van der Waals surface area contributed by atoms with Crippen molar-refractivity contribution in [2.24, 2.45) is 0 Å². The Morgan fingerprint density at radius 2 is 2.36 bits per heavy atom. The van der Waals surface area contributed by atoms with E-state index in [0.29, 0.717) is 10.9 Å². The molecular weight excluding hydrogens is 312 g/mol. The topological polar surface area (TPSA) is 34.4 Å². The van der Waals surface area contributed by atoms with Gasteiger partial charge in [0.2, 0.25) is 0 Å². The Morgan fingerprint density at radius 3 is 3.07 bits per heavy atom. The van der Waals surface area contributed by atoms with Crippen LogP contribution in [0.15, 0.2) is 29.1 Å². The summed E-state index contributed by atoms with van der Waals surface area (Å²) in [6.45, 7) is 0. The van der Waals surface area contributed by atoms with Crippen molar-refractivity contribution in [2.75, 3.05) is 5.33 Å². The van der Waals surface area contributed by atoms with Gasteiger partial charge >= 0.3 is 0 Å². The molecule has 2 heterocycles. The van der Waals surface area contributed by atoms with Gasteiger partial charge in [0.15, 0.2) is 5.78 Å². The predicted molar refractivity (Wildman–Crippen MR) is 61.0 cm³/mol. The molecule has 0 radical (unpaired) electrons. The van der Waals surface area contributed by atoms with Crippen LogP contribution in [0.5, 0.6) is 0 Å². The molecule has 0 aromatic carbocycles. The normalized spacial score (nSPS) is 10.7. The minimum atomic E-state index is 0.0617. The van der Waals surface area contributed by atoms with Crippen LogP contribution in [0.2, 0.25) is 0 Å². The molecule has 0 atom stereocenters. The second-order valence-corrected chi connectivity index (χ2v) is 4.15. The average Bonchev–Trinajstić information content (AvgIpc) is 2.59. The van der Waals surface area contributed by atoms with E-state index in [1.807, 2.05) is 10.6 Å². The van der Waals surface area contributed by atoms with E-state index in [-0.39, 0.29) is 5.78 Å². The number of hydrogen-bond acceptors (Lipinski definition) is 2. The summed E-state index contributed by atoms with van der Waals surface area (Å²) < 4.78 is 2.75. The summed E-state index contributed by atoms with van der Waals surface area (Å²) >= 11 is 6.49. The van der Waals surface area contributed by atoms with E-state index in [4.69, 9.17) is 0 Å². The van der Waals surface area contributed by atoms with Crippen molar-refractivity contribution in [3.8, 4) is 0 Å². The van der Waals surface area contributed by atoms with Gasteiger partial charge in [-0.05, 0) is 28.1 Å². The monoisotopic (exact) mass is 316 g/mol. The summed E-state index contributed by atoms with van der Waals surface area (Å²) in [7, 11) is 0. The number of aromatic nitrogens is 2. The predicted octanol–water partition coefficient (Wildman–Crippen LogP) is 2.67. The van der Waals surface area contributed by atoms with Gasteiger partial charge in [0.1, 0.15) is 10.3 Å². The lowest BCUT2D eigenvalue weighted by Crippen LogP contribution is -2.00. The number of nitrogens with zero attached hydrogens (tertiary/aromatic N) is 2. The van der Waals surface area contributed by atoms with Crippen molar-refractivity contribution in [1.82, 2.24) is 9.38 Å². The second kappa shape index (κ2) is 3.82. The van der Waals surface area contributed by atoms with Crippen LogP contribution in [-0.2, 0) is 0 Å². The molecule has 2 rings (SSSR count). The lowest BCUT2D eigenvalue weighted by molar-refractivity contribution is 0.102. The molecule has 0 aliphatic carbocycles. The molecule has 0 unspecified atom stereocenters. The highest BCUT2D eigenvalue weighted by atomic mass is 79.9. The van der Waals surface area contributed by atoms with E-state index in [0.717, 1.165) is 10.3 Å². The number of carbonyl (C=O) groups is 1. The zero-order valence-electron chi connectivity index (χ0n) is 7.08. The molecule has 0 N–H and O–H groups in total. The van der Waals surface area contributed by atoms with Crippen LogP contribution in [0, 0.1) is 0 Å². The molecule has 0 spiro atoms. The Labute approximate surface area is 97.4 Å². The molecule has 2 aromatic rings. The van der Waals surface area contributed by atoms with Gasteiger partial charge in [0, 0.05) is 11.8 Å². The molecule has 5 heteroatoms. The molecule has 0 amide bonds. The average molecular weight is 318 g/mol. The fourth-order valence-corrected chi connectivity index (χ4v) is 1.93. The van der Waals surface area contributed by atoms with Crippen LogP contribution in [0.4, 0.5) is 0 Å². The van der Waals surface area contributed by atoms with Gasteiger partial charge in [-0.25, -0.2) is 4.98 Å². The number of halogens is 2. The molecule has 0 fully saturated rings. The summed E-state index contributed by atoms with van der Waals surface area (Å²) in [5.41, 5.74) is 1.44. The first-order valence-corrected chi connectivity index (χ1v) is 5.85. The molecule has 14 heavy (non-hydrogen) atoms. The van der Waals surface area contributed by atoms with E-state index in [2.05, 4.69) is 36.8 Å². The number of carbonyl (C=O) groups excluding carboxylic acids is 1. The number of ketones is 1. The number of Topliss-reactive ketones (excluding diaryl/α,β-unsaturated/α-hetero) is 1. The first kappa shape index (κ1) is 9.86. The van der Waals surface area contributed by atoms with Crippen LogP contribution < -0.4 is 0 Å². The van der Waals surface area contributed by atoms with Crippen molar-refractivity contribution in [1.29, 1.82) is 0 Å². The third kappa shape index (κ3) is 1.62. The van der Waals surface area contributed by atoms with Gasteiger partial charge in [0.25, 0.3) is 0 Å². The van der Waals surface area contributed by atoms with E-state index in [9.17, 15) is 4.79 Å². The highest BCUT2D eigenvalue weighted by molar-refractivity contribution is 9.10. The van der Waals surface area contributed by atoms with Crippen molar-refractivity contribution in [3.05, 3.63) is 34.7 Å². The first-order chi connectivity index (χ1) is 6.72. The first-order valence-electron chi connectivity index (χ1n) is 3.94. The molecule has 72 valence electrons. The maximum absolute atomic E-state index is 11.4. The summed E-state index contributed by atoms with van der Waals surface area (Å²) in [5.74, 6) is 0.0617. The van der Waals surface area contributed by atoms with E-state index >= 15 is 0 Å². The summed E-state index contributed by atoms with van der Waals surface area (Å²) in [6.07, 6.45) is 3.53. The zero-order valence-corrected chi connectivity index (χ0v) is 10.2. The van der Waals surface area contributed by atoms with Crippen molar-refractivity contribution >= 4 is 43.3 Å². The molecule has 3 nitrogen and oxygen atoms in total. The van der Waals surface area contributed by atoms with Gasteiger partial charge in [-0.2, -0.15) is 0 Å². The highest BCUT2D eigenvalue weighted by Gasteiger charge is 2.06. The highest BCUT2D eigenvalue weighted by Crippen LogP contribution is 2.14. The van der Waals surface area contributed by atoms with Gasteiger partial charge in [-0.3, -0.25) is 9.20 Å². The van der Waals surface area contributed by atoms with E-state index in [1.54, 1.807) is 18.3 Å². The smallest absolute Gasteiger partial charge is 0.173 e. The van der Waals surface area contributed by atoms with E-state index < -0.39 is 0 Å². The Balaban J connectivity index is 2.57. The maximum atomic E-state index is 11.4. The molecule has 0 saturated heterocycles. The second-order valence-electron chi connectivity index (χ2n) is 2.78. The fourth-order valence-electron chi connectivity index (χ4n) is 1.20. The molecule has 0 bridgehead atoms. The largest absolute Gasteiger partial charge is 0.294 e. The van der Waals surface area contributed by atoms with Gasteiger partial charge < -0.3 is 0 Å². The molecule has 0 aliphatic heterocycles. The van der Waals surface area contributed by atoms with Crippen molar-refractivity contribution < 1.29 is 4.79 Å². The zero-order chi connectivity index (χ0) is 10.1. The lowest BCUT2D eigenvalue weighted by atomic mass is 10.2. The number of fused-ring (bicyclic) bond motifs is 1. The Kier molecular flexibility index (Phi) is 2.69. The lowest BCUT2D eigenvalue weighted by Gasteiger charge is -1.98. The fraction of sp³-hybridized carbons (Fsp3) is 0.111. The molecule has 0 aliphatic rings. The van der Waals surface area contributed by atoms with Crippen LogP contribution >= 0.6 is 31.9 Å². The Hall–Kier alpha value is -0.680. The Bertz CT molecular complexity index is 493. The van der Waals surface area contributed by atoms with Gasteiger partial charge in [-0.15, -0.1) is 0 Å². The summed E-state index contributed by atoms with van der Waals surface area (Å²) in [6, 6.07) is 3.55. The number of imidazole rings is 1. The quantitative estimate of drug-likeness (QED) is 0.630. The maximum Gasteiger partial charge on any atom is 0.173 e. The minimum absolute atomic E-state index is 0.0617. The molecule has 2 aromatic heterocycles. The molecular formula is C9H6Br2N2O. The third-order valence-electron chi connectivity index (χ3n) is 1.91. The van der Waals surface area contributed by atoms with Crippen LogP contribution in [0.25, 0.3) is 5.65 Å². The number of rotatable bonds is 2. The SMILES string of the molecule is O=C(CBr)c1ccn2c(Br)cnc2c1.